The molecule has 0 unspecified atom stereocenters. The third-order valence-electron chi connectivity index (χ3n) is 1.91. The predicted octanol–water partition coefficient (Wildman–Crippen LogP) is 3.07. The van der Waals surface area contributed by atoms with Crippen molar-refractivity contribution in [2.45, 2.75) is 13.3 Å². The van der Waals surface area contributed by atoms with E-state index in [9.17, 15) is 18.0 Å². The van der Waals surface area contributed by atoms with Crippen molar-refractivity contribution < 1.29 is 22.7 Å². The van der Waals surface area contributed by atoms with Gasteiger partial charge in [-0.05, 0) is 24.6 Å². The lowest BCUT2D eigenvalue weighted by molar-refractivity contribution is -0.142. The normalized spacial score (nSPS) is 10.8. The Kier molecular flexibility index (Phi) is 4.75. The van der Waals surface area contributed by atoms with Crippen LogP contribution in [0.5, 0.6) is 0 Å². The van der Waals surface area contributed by atoms with Gasteiger partial charge in [0.2, 0.25) is 0 Å². The molecule has 17 heavy (non-hydrogen) atoms. The van der Waals surface area contributed by atoms with Crippen molar-refractivity contribution in [3.63, 3.8) is 0 Å². The molecule has 0 spiro atoms. The molecule has 0 saturated heterocycles. The maximum absolute atomic E-state index is 12.8. The molecule has 0 aromatic heterocycles. The highest BCUT2D eigenvalue weighted by Gasteiger charge is 2.08. The summed E-state index contributed by atoms with van der Waals surface area (Å²) in [7, 11) is 0. The lowest BCUT2D eigenvalue weighted by Crippen LogP contribution is -2.01. The number of hydrogen-bond donors (Lipinski definition) is 0. The van der Waals surface area contributed by atoms with E-state index in [1.165, 1.54) is 12.2 Å². The van der Waals surface area contributed by atoms with E-state index in [1.807, 2.05) is 0 Å². The highest BCUT2D eigenvalue weighted by molar-refractivity contribution is 5.72. The van der Waals surface area contributed by atoms with Gasteiger partial charge in [0, 0.05) is 0 Å². The van der Waals surface area contributed by atoms with Crippen molar-refractivity contribution >= 4 is 12.0 Å². The summed E-state index contributed by atoms with van der Waals surface area (Å²) in [6.45, 7) is 1.94. The Hall–Kier alpha value is -1.78. The highest BCUT2D eigenvalue weighted by Crippen LogP contribution is 2.14. The van der Waals surface area contributed by atoms with Gasteiger partial charge in [-0.15, -0.1) is 0 Å². The number of halogens is 3. The largest absolute Gasteiger partial charge is 0.466 e. The number of hydrogen-bond acceptors (Lipinski definition) is 2. The van der Waals surface area contributed by atoms with Gasteiger partial charge in [-0.2, -0.15) is 0 Å². The van der Waals surface area contributed by atoms with E-state index in [0.717, 1.165) is 12.1 Å². The lowest BCUT2D eigenvalue weighted by atomic mass is 10.2. The second-order valence-corrected chi connectivity index (χ2v) is 3.21. The quantitative estimate of drug-likeness (QED) is 0.601. The number of ether oxygens (including phenoxy) is 1. The number of carbonyl (C=O) groups excluding carboxylic acids is 1. The molecule has 0 radical (unpaired) electrons. The first-order chi connectivity index (χ1) is 8.04. The van der Waals surface area contributed by atoms with Gasteiger partial charge in [0.05, 0.1) is 13.0 Å². The third-order valence-corrected chi connectivity index (χ3v) is 1.91. The Labute approximate surface area is 96.7 Å². The summed E-state index contributed by atoms with van der Waals surface area (Å²) in [6.07, 6.45) is 2.71. The monoisotopic (exact) mass is 244 g/mol. The fourth-order valence-corrected chi connectivity index (χ4v) is 1.18. The summed E-state index contributed by atoms with van der Waals surface area (Å²) < 4.78 is 42.9. The van der Waals surface area contributed by atoms with Gasteiger partial charge in [-0.3, -0.25) is 4.79 Å². The number of benzene rings is 1. The van der Waals surface area contributed by atoms with Crippen LogP contribution in [0.25, 0.3) is 6.08 Å². The minimum Gasteiger partial charge on any atom is -0.466 e. The molecule has 0 saturated carbocycles. The molecular formula is C12H11F3O2. The van der Waals surface area contributed by atoms with Crippen molar-refractivity contribution in [3.05, 3.63) is 41.2 Å². The van der Waals surface area contributed by atoms with Crippen LogP contribution in [0.3, 0.4) is 0 Å². The smallest absolute Gasteiger partial charge is 0.309 e. The maximum atomic E-state index is 12.8. The maximum Gasteiger partial charge on any atom is 0.309 e. The van der Waals surface area contributed by atoms with E-state index in [4.69, 9.17) is 0 Å². The van der Waals surface area contributed by atoms with Crippen LogP contribution in [0.1, 0.15) is 18.9 Å². The van der Waals surface area contributed by atoms with Crippen molar-refractivity contribution in [3.8, 4) is 0 Å². The predicted molar refractivity (Wildman–Crippen MR) is 56.6 cm³/mol. The summed E-state index contributed by atoms with van der Waals surface area (Å²) in [5.41, 5.74) is 0.144. The van der Waals surface area contributed by atoms with Crippen molar-refractivity contribution in [2.75, 3.05) is 6.61 Å². The van der Waals surface area contributed by atoms with E-state index < -0.39 is 23.4 Å². The minimum absolute atomic E-state index is 0.00550. The summed E-state index contributed by atoms with van der Waals surface area (Å²) >= 11 is 0. The first kappa shape index (κ1) is 13.3. The Morgan fingerprint density at radius 3 is 2.41 bits per heavy atom. The molecule has 0 heterocycles. The molecule has 0 amide bonds. The Morgan fingerprint density at radius 1 is 1.29 bits per heavy atom. The van der Waals surface area contributed by atoms with E-state index >= 15 is 0 Å². The molecule has 1 aromatic rings. The van der Waals surface area contributed by atoms with Gasteiger partial charge >= 0.3 is 5.97 Å². The zero-order valence-electron chi connectivity index (χ0n) is 9.17. The number of carbonyl (C=O) groups is 1. The minimum atomic E-state index is -1.51. The molecule has 0 aliphatic rings. The van der Waals surface area contributed by atoms with Gasteiger partial charge in [0.1, 0.15) is 0 Å². The molecule has 0 bridgehead atoms. The topological polar surface area (TPSA) is 26.3 Å². The van der Waals surface area contributed by atoms with E-state index in [1.54, 1.807) is 6.92 Å². The zero-order valence-corrected chi connectivity index (χ0v) is 9.17. The van der Waals surface area contributed by atoms with Crippen molar-refractivity contribution in [1.82, 2.24) is 0 Å². The standard InChI is InChI=1S/C12H11F3O2/c1-2-17-11(16)5-3-4-8-6-9(13)12(15)10(14)7-8/h3-4,6-7H,2,5H2,1H3. The second-order valence-electron chi connectivity index (χ2n) is 3.21. The number of rotatable bonds is 4. The summed E-state index contributed by atoms with van der Waals surface area (Å²) in [4.78, 5) is 10.9. The van der Waals surface area contributed by atoms with Gasteiger partial charge in [-0.1, -0.05) is 12.2 Å². The molecule has 1 aromatic carbocycles. The third kappa shape index (κ3) is 3.94. The molecule has 0 aliphatic carbocycles. The summed E-state index contributed by atoms with van der Waals surface area (Å²) in [5.74, 6) is -4.47. The van der Waals surface area contributed by atoms with Crippen molar-refractivity contribution in [2.24, 2.45) is 0 Å². The van der Waals surface area contributed by atoms with E-state index in [2.05, 4.69) is 4.74 Å². The molecule has 0 aliphatic heterocycles. The summed E-state index contributed by atoms with van der Waals surface area (Å²) in [5, 5.41) is 0. The van der Waals surface area contributed by atoms with Gasteiger partial charge in [0.25, 0.3) is 0 Å². The van der Waals surface area contributed by atoms with Gasteiger partial charge in [0.15, 0.2) is 17.5 Å². The first-order valence-electron chi connectivity index (χ1n) is 5.01. The zero-order chi connectivity index (χ0) is 12.8. The van der Waals surface area contributed by atoms with Crippen LogP contribution in [0, 0.1) is 17.5 Å². The molecule has 0 N–H and O–H groups in total. The van der Waals surface area contributed by atoms with Crippen LogP contribution in [-0.4, -0.2) is 12.6 Å². The fraction of sp³-hybridized carbons (Fsp3) is 0.250. The van der Waals surface area contributed by atoms with Crippen LogP contribution in [0.15, 0.2) is 18.2 Å². The van der Waals surface area contributed by atoms with Crippen LogP contribution in [-0.2, 0) is 9.53 Å². The Balaban J connectivity index is 2.69. The molecule has 92 valence electrons. The van der Waals surface area contributed by atoms with Crippen molar-refractivity contribution in [1.29, 1.82) is 0 Å². The molecule has 2 nitrogen and oxygen atoms in total. The van der Waals surface area contributed by atoms with E-state index in [0.29, 0.717) is 0 Å². The fourth-order valence-electron chi connectivity index (χ4n) is 1.18. The average molecular weight is 244 g/mol. The first-order valence-corrected chi connectivity index (χ1v) is 5.01. The average Bonchev–Trinajstić information content (AvgIpc) is 2.26. The lowest BCUT2D eigenvalue weighted by Gasteiger charge is -1.99. The second kappa shape index (κ2) is 6.08. The van der Waals surface area contributed by atoms with Crippen LogP contribution >= 0.6 is 0 Å². The van der Waals surface area contributed by atoms with Gasteiger partial charge in [-0.25, -0.2) is 13.2 Å². The highest BCUT2D eigenvalue weighted by atomic mass is 19.2. The molecule has 5 heteroatoms. The molecule has 1 rings (SSSR count). The molecule has 0 atom stereocenters. The van der Waals surface area contributed by atoms with Crippen LogP contribution in [0.4, 0.5) is 13.2 Å². The number of esters is 1. The van der Waals surface area contributed by atoms with E-state index in [-0.39, 0.29) is 18.6 Å². The summed E-state index contributed by atoms with van der Waals surface area (Å²) in [6, 6.07) is 1.69. The van der Waals surface area contributed by atoms with Crippen LogP contribution < -0.4 is 0 Å². The Morgan fingerprint density at radius 2 is 1.88 bits per heavy atom. The van der Waals surface area contributed by atoms with Crippen LogP contribution in [0.2, 0.25) is 0 Å². The molecule has 0 fully saturated rings. The molecular weight excluding hydrogens is 233 g/mol. The SMILES string of the molecule is CCOC(=O)CC=Cc1cc(F)c(F)c(F)c1. The Bertz CT molecular complexity index is 418. The van der Waals surface area contributed by atoms with Gasteiger partial charge < -0.3 is 4.74 Å².